The summed E-state index contributed by atoms with van der Waals surface area (Å²) in [5.41, 5.74) is 8.26. The van der Waals surface area contributed by atoms with Crippen LogP contribution >= 0.6 is 0 Å². The summed E-state index contributed by atoms with van der Waals surface area (Å²) in [6.07, 6.45) is 3.62. The minimum absolute atomic E-state index is 0.707. The van der Waals surface area contributed by atoms with Crippen molar-refractivity contribution in [2.24, 2.45) is 0 Å². The minimum atomic E-state index is 0.707. The molecule has 0 spiro atoms. The van der Waals surface area contributed by atoms with Crippen molar-refractivity contribution in [3.05, 3.63) is 76.9 Å². The summed E-state index contributed by atoms with van der Waals surface area (Å²) in [6, 6.07) is 16.0. The van der Waals surface area contributed by atoms with Crippen LogP contribution in [0.1, 0.15) is 60.4 Å². The number of benzene rings is 2. The number of likely N-dealkylation sites (tertiary alicyclic amines) is 1. The second-order valence-corrected chi connectivity index (χ2v) is 7.59. The first kappa shape index (κ1) is 17.9. The molecular weight excluding hydrogens is 302 g/mol. The molecule has 0 N–H and O–H groups in total. The molecule has 0 aromatic heterocycles. The van der Waals surface area contributed by atoms with E-state index >= 15 is 0 Å². The molecule has 0 aliphatic carbocycles. The maximum absolute atomic E-state index is 4.12. The topological polar surface area (TPSA) is 3.24 Å². The molecule has 0 unspecified atom stereocenters. The van der Waals surface area contributed by atoms with Gasteiger partial charge in [-0.1, -0.05) is 67.1 Å². The quantitative estimate of drug-likeness (QED) is 0.651. The normalized spacial score (nSPS) is 16.1. The summed E-state index contributed by atoms with van der Waals surface area (Å²) in [7, 11) is 0. The lowest BCUT2D eigenvalue weighted by atomic mass is 9.86. The fourth-order valence-electron chi connectivity index (χ4n) is 3.95. The van der Waals surface area contributed by atoms with Gasteiger partial charge in [-0.3, -0.25) is 4.90 Å². The van der Waals surface area contributed by atoms with Gasteiger partial charge in [0.05, 0.1) is 0 Å². The summed E-state index contributed by atoms with van der Waals surface area (Å²) in [4.78, 5) is 2.60. The largest absolute Gasteiger partial charge is 0.299 e. The molecule has 0 amide bonds. The van der Waals surface area contributed by atoms with Crippen LogP contribution in [0.5, 0.6) is 0 Å². The number of hydrogen-bond donors (Lipinski definition) is 0. The Morgan fingerprint density at radius 3 is 2.36 bits per heavy atom. The van der Waals surface area contributed by atoms with E-state index in [9.17, 15) is 0 Å². The molecular formula is C24H31N. The van der Waals surface area contributed by atoms with Gasteiger partial charge in [0.1, 0.15) is 0 Å². The molecule has 2 aromatic carbocycles. The average Bonchev–Trinajstić information content (AvgIpc) is 2.63. The zero-order valence-electron chi connectivity index (χ0n) is 16.0. The molecule has 0 radical (unpaired) electrons. The van der Waals surface area contributed by atoms with Gasteiger partial charge < -0.3 is 0 Å². The number of allylic oxidation sites excluding steroid dienone is 1. The Kier molecular flexibility index (Phi) is 5.75. The standard InChI is InChI=1S/C24H31N/c1-5-21-16-23(10-11-24(21)18(2)3)22-12-14-25(15-13-22)17-20-8-6-19(4)7-9-20/h6-11,16,22H,2,5,12-15,17H2,1,3-4H3. The molecule has 1 heteroatoms. The van der Waals surface area contributed by atoms with Crippen molar-refractivity contribution in [1.82, 2.24) is 4.90 Å². The number of aryl methyl sites for hydroxylation is 2. The van der Waals surface area contributed by atoms with Gasteiger partial charge in [-0.15, -0.1) is 0 Å². The SMILES string of the molecule is C=C(C)c1ccc(C2CCN(Cc3ccc(C)cc3)CC2)cc1CC. The van der Waals surface area contributed by atoms with Crippen LogP contribution in [0.25, 0.3) is 5.57 Å². The number of rotatable bonds is 5. The molecule has 0 saturated carbocycles. The lowest BCUT2D eigenvalue weighted by Crippen LogP contribution is -2.32. The maximum Gasteiger partial charge on any atom is 0.0233 e. The summed E-state index contributed by atoms with van der Waals surface area (Å²) in [5.74, 6) is 0.707. The Hall–Kier alpha value is -1.86. The van der Waals surface area contributed by atoms with E-state index in [1.54, 1.807) is 0 Å². The van der Waals surface area contributed by atoms with Crippen molar-refractivity contribution in [1.29, 1.82) is 0 Å². The van der Waals surface area contributed by atoms with Gasteiger partial charge in [-0.2, -0.15) is 0 Å². The second-order valence-electron chi connectivity index (χ2n) is 7.59. The van der Waals surface area contributed by atoms with Gasteiger partial charge in [0.2, 0.25) is 0 Å². The van der Waals surface area contributed by atoms with Crippen molar-refractivity contribution >= 4 is 5.57 Å². The predicted molar refractivity (Wildman–Crippen MR) is 109 cm³/mol. The van der Waals surface area contributed by atoms with Crippen LogP contribution in [-0.4, -0.2) is 18.0 Å². The third kappa shape index (κ3) is 4.41. The molecule has 1 heterocycles. The Labute approximate surface area is 153 Å². The average molecular weight is 334 g/mol. The molecule has 0 atom stereocenters. The van der Waals surface area contributed by atoms with Crippen molar-refractivity contribution < 1.29 is 0 Å². The molecule has 1 nitrogen and oxygen atoms in total. The number of hydrogen-bond acceptors (Lipinski definition) is 1. The van der Waals surface area contributed by atoms with E-state index in [-0.39, 0.29) is 0 Å². The Morgan fingerprint density at radius 2 is 1.76 bits per heavy atom. The van der Waals surface area contributed by atoms with Gasteiger partial charge >= 0.3 is 0 Å². The molecule has 1 fully saturated rings. The summed E-state index contributed by atoms with van der Waals surface area (Å²) in [6.45, 7) is 14.1. The number of nitrogens with zero attached hydrogens (tertiary/aromatic N) is 1. The highest BCUT2D eigenvalue weighted by atomic mass is 15.1. The maximum atomic E-state index is 4.12. The molecule has 0 bridgehead atoms. The summed E-state index contributed by atoms with van der Waals surface area (Å²) >= 11 is 0. The van der Waals surface area contributed by atoms with Crippen molar-refractivity contribution in [2.75, 3.05) is 13.1 Å². The van der Waals surface area contributed by atoms with E-state index in [0.29, 0.717) is 5.92 Å². The fourth-order valence-corrected chi connectivity index (χ4v) is 3.95. The Balaban J connectivity index is 1.62. The first-order valence-corrected chi connectivity index (χ1v) is 9.63. The molecule has 25 heavy (non-hydrogen) atoms. The minimum Gasteiger partial charge on any atom is -0.299 e. The van der Waals surface area contributed by atoms with Crippen LogP contribution in [0.3, 0.4) is 0 Å². The van der Waals surface area contributed by atoms with E-state index in [0.717, 1.165) is 13.0 Å². The van der Waals surface area contributed by atoms with Crippen LogP contribution in [0.4, 0.5) is 0 Å². The molecule has 1 aliphatic rings. The zero-order chi connectivity index (χ0) is 17.8. The van der Waals surface area contributed by atoms with Crippen molar-refractivity contribution in [2.45, 2.75) is 52.5 Å². The van der Waals surface area contributed by atoms with Crippen LogP contribution in [-0.2, 0) is 13.0 Å². The summed E-state index contributed by atoms with van der Waals surface area (Å²) < 4.78 is 0. The van der Waals surface area contributed by atoms with Gasteiger partial charge in [0, 0.05) is 6.54 Å². The highest BCUT2D eigenvalue weighted by Gasteiger charge is 2.21. The van der Waals surface area contributed by atoms with Crippen molar-refractivity contribution in [3.8, 4) is 0 Å². The Morgan fingerprint density at radius 1 is 1.08 bits per heavy atom. The van der Waals surface area contributed by atoms with Crippen LogP contribution in [0, 0.1) is 6.92 Å². The smallest absolute Gasteiger partial charge is 0.0233 e. The molecule has 1 saturated heterocycles. The van der Waals surface area contributed by atoms with Crippen LogP contribution in [0.15, 0.2) is 49.0 Å². The van der Waals surface area contributed by atoms with Gasteiger partial charge in [0.15, 0.2) is 0 Å². The van der Waals surface area contributed by atoms with E-state index in [1.165, 1.54) is 59.3 Å². The van der Waals surface area contributed by atoms with Gasteiger partial charge in [0.25, 0.3) is 0 Å². The van der Waals surface area contributed by atoms with Gasteiger partial charge in [-0.25, -0.2) is 0 Å². The van der Waals surface area contributed by atoms with E-state index in [2.05, 4.69) is 74.7 Å². The lowest BCUT2D eigenvalue weighted by molar-refractivity contribution is 0.204. The first-order valence-electron chi connectivity index (χ1n) is 9.63. The van der Waals surface area contributed by atoms with E-state index in [1.807, 2.05) is 0 Å². The number of piperidine rings is 1. The highest BCUT2D eigenvalue weighted by Crippen LogP contribution is 2.31. The van der Waals surface area contributed by atoms with E-state index < -0.39 is 0 Å². The molecule has 1 aliphatic heterocycles. The monoisotopic (exact) mass is 333 g/mol. The first-order chi connectivity index (χ1) is 12.1. The van der Waals surface area contributed by atoms with Crippen molar-refractivity contribution in [3.63, 3.8) is 0 Å². The van der Waals surface area contributed by atoms with Crippen LogP contribution < -0.4 is 0 Å². The van der Waals surface area contributed by atoms with Crippen LogP contribution in [0.2, 0.25) is 0 Å². The third-order valence-electron chi connectivity index (χ3n) is 5.56. The highest BCUT2D eigenvalue weighted by molar-refractivity contribution is 5.65. The van der Waals surface area contributed by atoms with E-state index in [4.69, 9.17) is 0 Å². The zero-order valence-corrected chi connectivity index (χ0v) is 16.0. The fraction of sp³-hybridized carbons (Fsp3) is 0.417. The molecule has 2 aromatic rings. The molecule has 3 rings (SSSR count). The Bertz CT molecular complexity index is 718. The predicted octanol–water partition coefficient (Wildman–Crippen LogP) is 5.97. The second kappa shape index (κ2) is 8.01. The summed E-state index contributed by atoms with van der Waals surface area (Å²) in [5, 5.41) is 0. The van der Waals surface area contributed by atoms with Gasteiger partial charge in [-0.05, 0) is 74.4 Å². The molecule has 132 valence electrons. The lowest BCUT2D eigenvalue weighted by Gasteiger charge is -2.32. The third-order valence-corrected chi connectivity index (χ3v) is 5.56.